The molecule has 0 aliphatic carbocycles. The van der Waals surface area contributed by atoms with Gasteiger partial charge < -0.3 is 4.57 Å². The molecule has 3 aromatic carbocycles. The zero-order chi connectivity index (χ0) is 25.7. The Kier molecular flexibility index (Phi) is 6.40. The Morgan fingerprint density at radius 2 is 1.56 bits per heavy atom. The van der Waals surface area contributed by atoms with Crippen molar-refractivity contribution in [2.24, 2.45) is 9.88 Å². The Balaban J connectivity index is 1.82. The van der Waals surface area contributed by atoms with E-state index in [4.69, 9.17) is 9.88 Å². The normalized spacial score (nSPS) is 17.0. The molecule has 6 nitrogen and oxygen atoms in total. The van der Waals surface area contributed by atoms with Gasteiger partial charge in [-0.1, -0.05) is 39.0 Å². The lowest BCUT2D eigenvalue weighted by molar-refractivity contribution is 0.538. The first-order valence-electron chi connectivity index (χ1n) is 12.6. The van der Waals surface area contributed by atoms with Crippen molar-refractivity contribution in [2.75, 3.05) is 13.1 Å². The zero-order valence-corrected chi connectivity index (χ0v) is 23.2. The molecule has 0 amide bonds. The van der Waals surface area contributed by atoms with Gasteiger partial charge in [-0.2, -0.15) is 0 Å². The van der Waals surface area contributed by atoms with Crippen LogP contribution in [-0.2, 0) is 16.6 Å². The van der Waals surface area contributed by atoms with E-state index in [-0.39, 0.29) is 10.1 Å². The van der Waals surface area contributed by atoms with Gasteiger partial charge >= 0.3 is 0 Å². The highest BCUT2D eigenvalue weighted by Gasteiger charge is 2.42. The van der Waals surface area contributed by atoms with Crippen LogP contribution in [0.2, 0.25) is 0 Å². The number of para-hydroxylation sites is 1. The fraction of sp³-hybridized carbons (Fsp3) is 0.357. The smallest absolute Gasteiger partial charge is 0.238 e. The quantitative estimate of drug-likeness (QED) is 0.307. The standard InChI is InChI=1S/C28H35N4O2PS/c1-5-32-26-11-7-6-10-24(26)25-20-22(14-17-27(25)32)35(28(2,3)4,31-18-8-9-19-31)30-21-12-15-23(16-13-21)36(29,33)34/h6-7,10-17,20H,5,8-9,18-19H2,1-4H3,(H2,29,33,34). The van der Waals surface area contributed by atoms with E-state index in [1.165, 1.54) is 27.1 Å². The van der Waals surface area contributed by atoms with E-state index in [1.54, 1.807) is 24.3 Å². The molecule has 0 radical (unpaired) electrons. The first-order valence-corrected chi connectivity index (χ1v) is 15.8. The lowest BCUT2D eigenvalue weighted by atomic mass is 10.1. The van der Waals surface area contributed by atoms with Gasteiger partial charge in [-0.05, 0) is 68.3 Å². The molecule has 1 saturated heterocycles. The van der Waals surface area contributed by atoms with Crippen LogP contribution in [0.1, 0.15) is 40.5 Å². The third-order valence-corrected chi connectivity index (χ3v) is 12.8. The van der Waals surface area contributed by atoms with Crippen molar-refractivity contribution in [2.45, 2.75) is 57.1 Å². The lowest BCUT2D eigenvalue weighted by Gasteiger charge is -2.44. The molecule has 1 unspecified atom stereocenters. The van der Waals surface area contributed by atoms with Crippen LogP contribution in [0.15, 0.2) is 76.4 Å². The molecule has 1 aliphatic rings. The molecule has 1 fully saturated rings. The number of nitrogens with zero attached hydrogens (tertiary/aromatic N) is 3. The summed E-state index contributed by atoms with van der Waals surface area (Å²) in [6, 6.07) is 22.3. The van der Waals surface area contributed by atoms with Crippen LogP contribution >= 0.6 is 7.21 Å². The van der Waals surface area contributed by atoms with Crippen LogP contribution < -0.4 is 10.4 Å². The fourth-order valence-corrected chi connectivity index (χ4v) is 10.6. The maximum atomic E-state index is 11.8. The number of aryl methyl sites for hydroxylation is 1. The summed E-state index contributed by atoms with van der Waals surface area (Å²) in [6.45, 7) is 12.0. The molecule has 0 saturated carbocycles. The van der Waals surface area contributed by atoms with Crippen LogP contribution in [0.3, 0.4) is 0 Å². The van der Waals surface area contributed by atoms with Gasteiger partial charge in [-0.25, -0.2) is 18.3 Å². The molecular weight excluding hydrogens is 487 g/mol. The summed E-state index contributed by atoms with van der Waals surface area (Å²) in [6.07, 6.45) is 2.32. The number of primary sulfonamides is 1. The summed E-state index contributed by atoms with van der Waals surface area (Å²) in [4.78, 5) is 0.108. The van der Waals surface area contributed by atoms with Crippen molar-refractivity contribution < 1.29 is 8.42 Å². The van der Waals surface area contributed by atoms with E-state index in [2.05, 4.69) is 79.4 Å². The van der Waals surface area contributed by atoms with Crippen LogP contribution in [0.5, 0.6) is 0 Å². The molecule has 1 atom stereocenters. The molecule has 190 valence electrons. The van der Waals surface area contributed by atoms with Crippen molar-refractivity contribution in [3.63, 3.8) is 0 Å². The molecule has 0 spiro atoms. The van der Waals surface area contributed by atoms with Crippen molar-refractivity contribution >= 4 is 50.0 Å². The zero-order valence-electron chi connectivity index (χ0n) is 21.5. The third kappa shape index (κ3) is 4.12. The Morgan fingerprint density at radius 3 is 2.17 bits per heavy atom. The van der Waals surface area contributed by atoms with Gasteiger partial charge in [0, 0.05) is 51.9 Å². The predicted octanol–water partition coefficient (Wildman–Crippen LogP) is 6.43. The number of sulfonamides is 1. The van der Waals surface area contributed by atoms with Gasteiger partial charge in [0.05, 0.1) is 17.8 Å². The second kappa shape index (κ2) is 9.14. The summed E-state index contributed by atoms with van der Waals surface area (Å²) in [5.41, 5.74) is 3.28. The molecular formula is C28H35N4O2PS. The van der Waals surface area contributed by atoms with Crippen molar-refractivity contribution in [3.05, 3.63) is 66.7 Å². The largest absolute Gasteiger partial charge is 0.341 e. The number of benzene rings is 3. The maximum absolute atomic E-state index is 11.8. The molecule has 0 bridgehead atoms. The first-order chi connectivity index (χ1) is 17.1. The van der Waals surface area contributed by atoms with Crippen molar-refractivity contribution in [1.82, 2.24) is 9.24 Å². The van der Waals surface area contributed by atoms with E-state index in [9.17, 15) is 8.42 Å². The number of aromatic nitrogens is 1. The second-order valence-corrected chi connectivity index (χ2v) is 15.9. The Hall–Kier alpha value is -2.44. The predicted molar refractivity (Wildman–Crippen MR) is 152 cm³/mol. The second-order valence-electron chi connectivity index (χ2n) is 10.5. The molecule has 8 heteroatoms. The Labute approximate surface area is 214 Å². The first kappa shape index (κ1) is 25.2. The van der Waals surface area contributed by atoms with Gasteiger partial charge in [0.15, 0.2) is 0 Å². The minimum Gasteiger partial charge on any atom is -0.341 e. The van der Waals surface area contributed by atoms with Crippen molar-refractivity contribution in [1.29, 1.82) is 0 Å². The minimum absolute atomic E-state index is 0.108. The SMILES string of the molecule is CCn1c2ccccc2c2cc(P(=Nc3ccc(S(N)(=O)=O)cc3)(N3CCCC3)C(C)(C)C)ccc21. The summed E-state index contributed by atoms with van der Waals surface area (Å²) in [7, 11) is -6.02. The summed E-state index contributed by atoms with van der Waals surface area (Å²) in [5.74, 6) is 0. The fourth-order valence-electron chi connectivity index (χ4n) is 5.68. The van der Waals surface area contributed by atoms with Gasteiger partial charge in [0.2, 0.25) is 10.0 Å². The molecule has 4 aromatic rings. The molecule has 2 heterocycles. The van der Waals surface area contributed by atoms with Gasteiger partial charge in [0.25, 0.3) is 0 Å². The van der Waals surface area contributed by atoms with Gasteiger partial charge in [-0.15, -0.1) is 0 Å². The maximum Gasteiger partial charge on any atom is 0.238 e. The van der Waals surface area contributed by atoms with E-state index in [0.717, 1.165) is 38.2 Å². The van der Waals surface area contributed by atoms with Gasteiger partial charge in [-0.3, -0.25) is 4.67 Å². The van der Waals surface area contributed by atoms with E-state index >= 15 is 0 Å². The van der Waals surface area contributed by atoms with Crippen LogP contribution in [-0.4, -0.2) is 35.9 Å². The number of hydrogen-bond acceptors (Lipinski definition) is 3. The minimum atomic E-state index is -3.75. The average Bonchev–Trinajstić information content (AvgIpc) is 3.48. The van der Waals surface area contributed by atoms with E-state index in [1.807, 2.05) is 0 Å². The van der Waals surface area contributed by atoms with Crippen molar-refractivity contribution in [3.8, 4) is 0 Å². The topological polar surface area (TPSA) is 80.7 Å². The van der Waals surface area contributed by atoms with Gasteiger partial charge in [0.1, 0.15) is 0 Å². The van der Waals surface area contributed by atoms with Crippen LogP contribution in [0.4, 0.5) is 5.69 Å². The number of hydrogen-bond donors (Lipinski definition) is 1. The summed E-state index contributed by atoms with van der Waals surface area (Å²) in [5, 5.41) is 9.00. The molecule has 5 rings (SSSR count). The highest BCUT2D eigenvalue weighted by molar-refractivity contribution is 7.89. The lowest BCUT2D eigenvalue weighted by Crippen LogP contribution is -2.35. The number of nitrogens with two attached hydrogens (primary N) is 1. The Morgan fingerprint density at radius 1 is 0.917 bits per heavy atom. The summed E-state index contributed by atoms with van der Waals surface area (Å²) < 4.78 is 34.2. The average molecular weight is 523 g/mol. The van der Waals surface area contributed by atoms with Crippen LogP contribution in [0.25, 0.3) is 21.8 Å². The molecule has 1 aromatic heterocycles. The number of rotatable bonds is 5. The molecule has 1 aliphatic heterocycles. The monoisotopic (exact) mass is 522 g/mol. The molecule has 2 N–H and O–H groups in total. The van der Waals surface area contributed by atoms with Crippen LogP contribution in [0, 0.1) is 0 Å². The Bertz CT molecular complexity index is 1590. The molecule has 36 heavy (non-hydrogen) atoms. The highest BCUT2D eigenvalue weighted by atomic mass is 32.2. The van der Waals surface area contributed by atoms with E-state index < -0.39 is 17.2 Å². The number of fused-ring (bicyclic) bond motifs is 3. The van der Waals surface area contributed by atoms with E-state index in [0.29, 0.717) is 0 Å². The highest BCUT2D eigenvalue weighted by Crippen LogP contribution is 2.65. The third-order valence-electron chi connectivity index (χ3n) is 7.28. The summed E-state index contributed by atoms with van der Waals surface area (Å²) >= 11 is 0.